The molecule has 0 aliphatic heterocycles. The number of rotatable bonds is 8. The SMILES string of the molecule is C=C/C(=C\N=C(C)c1ccccc1)CCCCN(C)C. The third-order valence-corrected chi connectivity index (χ3v) is 3.20. The highest BCUT2D eigenvalue weighted by Crippen LogP contribution is 2.10. The third-order valence-electron chi connectivity index (χ3n) is 3.20. The number of hydrogen-bond donors (Lipinski definition) is 0. The van der Waals surface area contributed by atoms with E-state index in [1.807, 2.05) is 37.4 Å². The monoisotopic (exact) mass is 270 g/mol. The second-order valence-corrected chi connectivity index (χ2v) is 5.25. The van der Waals surface area contributed by atoms with Crippen LogP contribution in [0, 0.1) is 0 Å². The van der Waals surface area contributed by atoms with Crippen molar-refractivity contribution < 1.29 is 0 Å². The van der Waals surface area contributed by atoms with Crippen molar-refractivity contribution in [2.75, 3.05) is 20.6 Å². The zero-order valence-electron chi connectivity index (χ0n) is 13.0. The van der Waals surface area contributed by atoms with Crippen LogP contribution in [0.1, 0.15) is 31.7 Å². The molecule has 0 aliphatic carbocycles. The number of allylic oxidation sites excluding steroid dienone is 2. The van der Waals surface area contributed by atoms with E-state index in [0.29, 0.717) is 0 Å². The Morgan fingerprint density at radius 1 is 1.20 bits per heavy atom. The summed E-state index contributed by atoms with van der Waals surface area (Å²) >= 11 is 0. The summed E-state index contributed by atoms with van der Waals surface area (Å²) < 4.78 is 0. The van der Waals surface area contributed by atoms with Crippen molar-refractivity contribution in [3.05, 3.63) is 60.3 Å². The van der Waals surface area contributed by atoms with E-state index in [2.05, 4.69) is 42.7 Å². The molecule has 0 N–H and O–H groups in total. The van der Waals surface area contributed by atoms with E-state index in [-0.39, 0.29) is 0 Å². The minimum atomic E-state index is 1.04. The lowest BCUT2D eigenvalue weighted by Gasteiger charge is -2.08. The fourth-order valence-electron chi connectivity index (χ4n) is 1.91. The van der Waals surface area contributed by atoms with Gasteiger partial charge >= 0.3 is 0 Å². The molecule has 0 amide bonds. The summed E-state index contributed by atoms with van der Waals surface area (Å²) in [6, 6.07) is 10.3. The molecule has 0 bridgehead atoms. The zero-order valence-corrected chi connectivity index (χ0v) is 13.0. The van der Waals surface area contributed by atoms with Gasteiger partial charge in [-0.25, -0.2) is 0 Å². The second-order valence-electron chi connectivity index (χ2n) is 5.25. The van der Waals surface area contributed by atoms with Gasteiger partial charge in [0.1, 0.15) is 0 Å². The topological polar surface area (TPSA) is 15.6 Å². The van der Waals surface area contributed by atoms with Gasteiger partial charge in [0.2, 0.25) is 0 Å². The van der Waals surface area contributed by atoms with Gasteiger partial charge in [-0.3, -0.25) is 4.99 Å². The van der Waals surface area contributed by atoms with Crippen molar-refractivity contribution >= 4 is 5.71 Å². The lowest BCUT2D eigenvalue weighted by Crippen LogP contribution is -2.12. The summed E-state index contributed by atoms with van der Waals surface area (Å²) in [5.41, 5.74) is 3.41. The number of hydrogen-bond acceptors (Lipinski definition) is 2. The summed E-state index contributed by atoms with van der Waals surface area (Å²) in [6.07, 6.45) is 7.29. The van der Waals surface area contributed by atoms with Crippen LogP contribution >= 0.6 is 0 Å². The van der Waals surface area contributed by atoms with E-state index in [9.17, 15) is 0 Å². The van der Waals surface area contributed by atoms with Crippen LogP contribution in [0.3, 0.4) is 0 Å². The van der Waals surface area contributed by atoms with Crippen LogP contribution in [0.2, 0.25) is 0 Å². The van der Waals surface area contributed by atoms with Crippen molar-refractivity contribution in [1.82, 2.24) is 4.90 Å². The van der Waals surface area contributed by atoms with Gasteiger partial charge in [-0.1, -0.05) is 43.0 Å². The highest BCUT2D eigenvalue weighted by Gasteiger charge is 1.96. The molecule has 0 saturated heterocycles. The number of benzene rings is 1. The van der Waals surface area contributed by atoms with Crippen molar-refractivity contribution in [1.29, 1.82) is 0 Å². The molecule has 1 rings (SSSR count). The van der Waals surface area contributed by atoms with E-state index in [1.165, 1.54) is 24.0 Å². The molecule has 1 aromatic carbocycles. The minimum Gasteiger partial charge on any atom is -0.309 e. The van der Waals surface area contributed by atoms with Crippen molar-refractivity contribution in [2.45, 2.75) is 26.2 Å². The van der Waals surface area contributed by atoms with Gasteiger partial charge in [0.25, 0.3) is 0 Å². The third kappa shape index (κ3) is 6.48. The van der Waals surface area contributed by atoms with Crippen LogP contribution in [-0.4, -0.2) is 31.3 Å². The van der Waals surface area contributed by atoms with Gasteiger partial charge in [-0.2, -0.15) is 0 Å². The maximum atomic E-state index is 4.55. The number of aliphatic imine (C=N–C) groups is 1. The summed E-state index contributed by atoms with van der Waals surface area (Å²) in [4.78, 5) is 6.77. The molecule has 0 aliphatic rings. The quantitative estimate of drug-likeness (QED) is 0.391. The fraction of sp³-hybridized carbons (Fsp3) is 0.389. The summed E-state index contributed by atoms with van der Waals surface area (Å²) in [6.45, 7) is 7.05. The maximum absolute atomic E-state index is 4.55. The van der Waals surface area contributed by atoms with Crippen LogP contribution in [-0.2, 0) is 0 Å². The van der Waals surface area contributed by atoms with E-state index < -0.39 is 0 Å². The predicted octanol–water partition coefficient (Wildman–Crippen LogP) is 4.30. The molecule has 0 radical (unpaired) electrons. The van der Waals surface area contributed by atoms with Crippen LogP contribution in [0.15, 0.2) is 59.8 Å². The highest BCUT2D eigenvalue weighted by molar-refractivity contribution is 5.99. The first-order chi connectivity index (χ1) is 9.63. The number of nitrogens with zero attached hydrogens (tertiary/aromatic N) is 2. The first kappa shape index (κ1) is 16.4. The van der Waals surface area contributed by atoms with Crippen LogP contribution in [0.4, 0.5) is 0 Å². The fourth-order valence-corrected chi connectivity index (χ4v) is 1.91. The number of unbranched alkanes of at least 4 members (excludes halogenated alkanes) is 1. The molecule has 0 atom stereocenters. The van der Waals surface area contributed by atoms with E-state index in [0.717, 1.165) is 18.7 Å². The normalized spacial score (nSPS) is 12.8. The Hall–Kier alpha value is -1.67. The highest BCUT2D eigenvalue weighted by atomic mass is 15.0. The molecule has 0 heterocycles. The lowest BCUT2D eigenvalue weighted by atomic mass is 10.1. The van der Waals surface area contributed by atoms with E-state index in [4.69, 9.17) is 0 Å². The lowest BCUT2D eigenvalue weighted by molar-refractivity contribution is 0.394. The largest absolute Gasteiger partial charge is 0.309 e. The van der Waals surface area contributed by atoms with Gasteiger partial charge in [0.15, 0.2) is 0 Å². The molecule has 2 nitrogen and oxygen atoms in total. The first-order valence-electron chi connectivity index (χ1n) is 7.19. The smallest absolute Gasteiger partial charge is 0.0445 e. The Bertz CT molecular complexity index is 456. The Morgan fingerprint density at radius 3 is 2.50 bits per heavy atom. The molecular weight excluding hydrogens is 244 g/mol. The summed E-state index contributed by atoms with van der Waals surface area (Å²) in [5, 5.41) is 0. The van der Waals surface area contributed by atoms with Crippen molar-refractivity contribution in [3.63, 3.8) is 0 Å². The van der Waals surface area contributed by atoms with E-state index in [1.54, 1.807) is 0 Å². The zero-order chi connectivity index (χ0) is 14.8. The predicted molar refractivity (Wildman–Crippen MR) is 89.3 cm³/mol. The minimum absolute atomic E-state index is 1.04. The average molecular weight is 270 g/mol. The summed E-state index contributed by atoms with van der Waals surface area (Å²) in [7, 11) is 4.22. The van der Waals surface area contributed by atoms with Crippen LogP contribution in [0.5, 0.6) is 0 Å². The molecule has 20 heavy (non-hydrogen) atoms. The summed E-state index contributed by atoms with van der Waals surface area (Å²) in [5.74, 6) is 0. The van der Waals surface area contributed by atoms with Gasteiger partial charge in [-0.15, -0.1) is 0 Å². The standard InChI is InChI=1S/C18H26N2/c1-5-17(11-9-10-14-20(3)4)15-19-16(2)18-12-7-6-8-13-18/h5-8,12-13,15H,1,9-11,14H2,2-4H3/b17-15+,19-16?. The van der Waals surface area contributed by atoms with Gasteiger partial charge in [-0.05, 0) is 58.0 Å². The van der Waals surface area contributed by atoms with Crippen LogP contribution < -0.4 is 0 Å². The van der Waals surface area contributed by atoms with Crippen molar-refractivity contribution in [2.24, 2.45) is 4.99 Å². The molecular formula is C18H26N2. The molecule has 0 unspecified atom stereocenters. The Labute approximate surface area is 123 Å². The van der Waals surface area contributed by atoms with Gasteiger partial charge in [0.05, 0.1) is 0 Å². The molecule has 108 valence electrons. The molecule has 0 spiro atoms. The Balaban J connectivity index is 2.54. The second kappa shape index (κ2) is 9.27. The maximum Gasteiger partial charge on any atom is 0.0445 e. The Kier molecular flexibility index (Phi) is 7.59. The van der Waals surface area contributed by atoms with Crippen LogP contribution in [0.25, 0.3) is 0 Å². The van der Waals surface area contributed by atoms with Gasteiger partial charge < -0.3 is 4.90 Å². The molecule has 0 saturated carbocycles. The molecule has 2 heteroatoms. The molecule has 1 aromatic rings. The van der Waals surface area contributed by atoms with E-state index >= 15 is 0 Å². The Morgan fingerprint density at radius 2 is 1.90 bits per heavy atom. The van der Waals surface area contributed by atoms with Gasteiger partial charge in [0, 0.05) is 11.9 Å². The first-order valence-corrected chi connectivity index (χ1v) is 7.19. The van der Waals surface area contributed by atoms with Crippen molar-refractivity contribution in [3.8, 4) is 0 Å². The molecule has 0 fully saturated rings. The molecule has 0 aromatic heterocycles. The average Bonchev–Trinajstić information content (AvgIpc) is 2.47.